The molecule has 0 radical (unpaired) electrons. The molecule has 2 amide bonds. The highest BCUT2D eigenvalue weighted by Crippen LogP contribution is 2.01. The Morgan fingerprint density at radius 1 is 0.846 bits per heavy atom. The molecule has 0 bridgehead atoms. The molecule has 4 heterocycles. The van der Waals surface area contributed by atoms with E-state index in [1.165, 1.54) is 14.2 Å². The fourth-order valence-electron chi connectivity index (χ4n) is 2.45. The molecule has 0 fully saturated rings. The van der Waals surface area contributed by atoms with E-state index in [0.717, 1.165) is 26.1 Å². The van der Waals surface area contributed by atoms with Crippen molar-refractivity contribution in [3.63, 3.8) is 0 Å². The predicted molar refractivity (Wildman–Crippen MR) is 132 cm³/mol. The third kappa shape index (κ3) is 7.12. The van der Waals surface area contributed by atoms with Gasteiger partial charge in [-0.2, -0.15) is 9.36 Å². The van der Waals surface area contributed by atoms with Gasteiger partial charge < -0.3 is 26.0 Å². The number of ether oxygens (including phenoxy) is 2. The summed E-state index contributed by atoms with van der Waals surface area (Å²) in [6.07, 6.45) is 2.18. The number of esters is 2. The van der Waals surface area contributed by atoms with E-state index in [9.17, 15) is 28.8 Å². The third-order valence-corrected chi connectivity index (χ3v) is 4.90. The van der Waals surface area contributed by atoms with Crippen LogP contribution in [0, 0.1) is 0 Å². The lowest BCUT2D eigenvalue weighted by Gasteiger charge is -2.01. The van der Waals surface area contributed by atoms with Gasteiger partial charge in [-0.25, -0.2) is 28.4 Å². The Kier molecular flexibility index (Phi) is 10.6. The Morgan fingerprint density at radius 2 is 1.28 bits per heavy atom. The standard InChI is InChI=1S/C8H8N6O4.C6H6N6O3.C3H5IO2/c1-18-4(15)2-14-8(17)13-3-10-5(6(9)16)7(13)11-12-14;7-4(14)3-5-9-10-12(2-13)6(15)11(5)1-8-3;1-6-3(5)2-4/h3H,2H2,1H3,(H2,9,16);1,13H,2H2,(H2,7,14);2H2,1H3. The molecule has 0 spiro atoms. The summed E-state index contributed by atoms with van der Waals surface area (Å²) in [6, 6.07) is 0. The highest BCUT2D eigenvalue weighted by Gasteiger charge is 2.16. The molecule has 0 aliphatic heterocycles. The van der Waals surface area contributed by atoms with E-state index in [1.807, 2.05) is 22.6 Å². The lowest BCUT2D eigenvalue weighted by atomic mass is 10.4. The average molecular weight is 662 g/mol. The van der Waals surface area contributed by atoms with Crippen molar-refractivity contribution in [2.75, 3.05) is 18.6 Å². The summed E-state index contributed by atoms with van der Waals surface area (Å²) in [6.45, 7) is -0.992. The van der Waals surface area contributed by atoms with Gasteiger partial charge in [0.05, 0.1) is 18.6 Å². The van der Waals surface area contributed by atoms with Crippen LogP contribution in [-0.2, 0) is 32.3 Å². The first kappa shape index (κ1) is 30.4. The molecule has 208 valence electrons. The van der Waals surface area contributed by atoms with Gasteiger partial charge in [0.15, 0.2) is 22.7 Å². The van der Waals surface area contributed by atoms with E-state index in [-0.39, 0.29) is 35.2 Å². The van der Waals surface area contributed by atoms with Crippen molar-refractivity contribution in [2.24, 2.45) is 11.5 Å². The summed E-state index contributed by atoms with van der Waals surface area (Å²) >= 11 is 1.94. The van der Waals surface area contributed by atoms with Crippen LogP contribution in [0.2, 0.25) is 0 Å². The van der Waals surface area contributed by atoms with Crippen molar-refractivity contribution < 1.29 is 33.8 Å². The van der Waals surface area contributed by atoms with E-state index in [1.54, 1.807) is 0 Å². The van der Waals surface area contributed by atoms with Crippen LogP contribution in [0.3, 0.4) is 0 Å². The summed E-state index contributed by atoms with van der Waals surface area (Å²) in [5, 5.41) is 22.8. The summed E-state index contributed by atoms with van der Waals surface area (Å²) in [4.78, 5) is 73.4. The minimum atomic E-state index is -0.822. The van der Waals surface area contributed by atoms with E-state index in [0.29, 0.717) is 9.11 Å². The Bertz CT molecular complexity index is 1630. The first-order valence-corrected chi connectivity index (χ1v) is 11.5. The zero-order chi connectivity index (χ0) is 29.3. The van der Waals surface area contributed by atoms with E-state index >= 15 is 0 Å². The van der Waals surface area contributed by atoms with Crippen LogP contribution in [0.25, 0.3) is 11.3 Å². The highest BCUT2D eigenvalue weighted by atomic mass is 127. The smallest absolute Gasteiger partial charge is 0.355 e. The normalized spacial score (nSPS) is 10.2. The first-order valence-electron chi connectivity index (χ1n) is 10.0. The number of methoxy groups -OCH3 is 2. The van der Waals surface area contributed by atoms with Gasteiger partial charge in [-0.1, -0.05) is 33.0 Å². The van der Waals surface area contributed by atoms with Gasteiger partial charge in [-0.15, -0.1) is 10.2 Å². The van der Waals surface area contributed by atoms with Crippen molar-refractivity contribution in [1.82, 2.24) is 48.8 Å². The van der Waals surface area contributed by atoms with Crippen molar-refractivity contribution in [2.45, 2.75) is 13.3 Å². The van der Waals surface area contributed by atoms with Crippen molar-refractivity contribution in [3.05, 3.63) is 45.0 Å². The quantitative estimate of drug-likeness (QED) is 0.0996. The molecule has 0 aliphatic carbocycles. The largest absolute Gasteiger partial charge is 0.468 e. The Balaban J connectivity index is 0.000000230. The molecule has 0 aromatic carbocycles. The molecular formula is C17H19IN12O9. The van der Waals surface area contributed by atoms with Gasteiger partial charge in [0.25, 0.3) is 11.8 Å². The molecule has 39 heavy (non-hydrogen) atoms. The van der Waals surface area contributed by atoms with E-state index < -0.39 is 35.9 Å². The van der Waals surface area contributed by atoms with Crippen molar-refractivity contribution in [1.29, 1.82) is 0 Å². The summed E-state index contributed by atoms with van der Waals surface area (Å²) < 4.78 is 12.5. The second kappa shape index (κ2) is 13.6. The monoisotopic (exact) mass is 662 g/mol. The van der Waals surface area contributed by atoms with Crippen LogP contribution in [0.4, 0.5) is 0 Å². The molecule has 4 rings (SSSR count). The number of alkyl halides is 1. The molecule has 0 aliphatic rings. The number of aliphatic hydroxyl groups excluding tert-OH is 1. The second-order valence-corrected chi connectivity index (χ2v) is 7.39. The minimum absolute atomic E-state index is 0.0304. The Morgan fingerprint density at radius 3 is 1.64 bits per heavy atom. The molecule has 5 N–H and O–H groups in total. The number of nitrogens with zero attached hydrogens (tertiary/aromatic N) is 10. The number of aliphatic hydroxyl groups is 1. The van der Waals surface area contributed by atoms with E-state index in [4.69, 9.17) is 16.6 Å². The van der Waals surface area contributed by atoms with Crippen LogP contribution >= 0.6 is 22.6 Å². The molecule has 4 aromatic heterocycles. The molecule has 0 saturated carbocycles. The number of rotatable bonds is 6. The van der Waals surface area contributed by atoms with Crippen LogP contribution in [0.5, 0.6) is 0 Å². The maximum Gasteiger partial charge on any atom is 0.355 e. The Labute approximate surface area is 228 Å². The lowest BCUT2D eigenvalue weighted by Crippen LogP contribution is -2.32. The highest BCUT2D eigenvalue weighted by molar-refractivity contribution is 14.1. The number of primary amides is 2. The second-order valence-electron chi connectivity index (χ2n) is 6.63. The number of nitrogens with two attached hydrogens (primary N) is 2. The average Bonchev–Trinajstić information content (AvgIpc) is 3.56. The number of halogens is 1. The number of aromatic nitrogens is 10. The van der Waals surface area contributed by atoms with Crippen LogP contribution in [0.1, 0.15) is 21.0 Å². The lowest BCUT2D eigenvalue weighted by molar-refractivity contribution is -0.141. The van der Waals surface area contributed by atoms with E-state index in [2.05, 4.69) is 40.1 Å². The number of carbonyl (C=O) groups is 4. The molecule has 0 saturated heterocycles. The van der Waals surface area contributed by atoms with Gasteiger partial charge in [0.2, 0.25) is 0 Å². The number of imidazole rings is 2. The first-order chi connectivity index (χ1) is 18.5. The van der Waals surface area contributed by atoms with Crippen molar-refractivity contribution >= 4 is 57.6 Å². The summed E-state index contributed by atoms with van der Waals surface area (Å²) in [7, 11) is 2.56. The Hall–Kier alpha value is -4.87. The van der Waals surface area contributed by atoms with Crippen LogP contribution < -0.4 is 22.8 Å². The molecule has 4 aromatic rings. The maximum absolute atomic E-state index is 11.8. The van der Waals surface area contributed by atoms with Gasteiger partial charge in [0, 0.05) is 0 Å². The topological polar surface area (TPSA) is 289 Å². The molecule has 21 nitrogen and oxygen atoms in total. The predicted octanol–water partition coefficient (Wildman–Crippen LogP) is -4.51. The number of hydrogen-bond acceptors (Lipinski definition) is 15. The number of hydrogen-bond donors (Lipinski definition) is 3. The molecule has 0 atom stereocenters. The summed E-state index contributed by atoms with van der Waals surface area (Å²) in [5.74, 6) is -2.44. The number of fused-ring (bicyclic) bond motifs is 2. The SMILES string of the molecule is COC(=O)CI.COC(=O)Cn1nnc2c(C(N)=O)ncn2c1=O.NC(=O)c1ncn2c(=O)n(CO)nnc12. The fraction of sp³-hybridized carbons (Fsp3) is 0.294. The zero-order valence-electron chi connectivity index (χ0n) is 20.0. The molecular weight excluding hydrogens is 643 g/mol. The van der Waals surface area contributed by atoms with Crippen molar-refractivity contribution in [3.8, 4) is 0 Å². The molecule has 22 heteroatoms. The number of amides is 2. The minimum Gasteiger partial charge on any atom is -0.468 e. The maximum atomic E-state index is 11.8. The van der Waals surface area contributed by atoms with Crippen LogP contribution in [-0.4, -0.2) is 96.3 Å². The third-order valence-electron chi connectivity index (χ3n) is 4.28. The summed E-state index contributed by atoms with van der Waals surface area (Å²) in [5.41, 5.74) is 8.34. The van der Waals surface area contributed by atoms with Gasteiger partial charge >= 0.3 is 23.3 Å². The fourth-order valence-corrected chi connectivity index (χ4v) is 2.76. The van der Waals surface area contributed by atoms with Gasteiger partial charge in [0.1, 0.15) is 25.9 Å². The number of carbonyl (C=O) groups excluding carboxylic acids is 4. The molecule has 0 unspecified atom stereocenters. The van der Waals surface area contributed by atoms with Gasteiger partial charge in [-0.05, 0) is 0 Å². The van der Waals surface area contributed by atoms with Gasteiger partial charge in [-0.3, -0.25) is 19.2 Å². The zero-order valence-corrected chi connectivity index (χ0v) is 22.2. The van der Waals surface area contributed by atoms with Crippen LogP contribution in [0.15, 0.2) is 22.2 Å².